The summed E-state index contributed by atoms with van der Waals surface area (Å²) in [4.78, 5) is 1.34. The third kappa shape index (κ3) is 1.34. The number of rotatable bonds is 0. The molecule has 0 aliphatic carbocycles. The lowest BCUT2D eigenvalue weighted by molar-refractivity contribution is 1.61. The van der Waals surface area contributed by atoms with Crippen molar-refractivity contribution in [2.45, 2.75) is 6.92 Å². The first-order valence-corrected chi connectivity index (χ1v) is 5.93. The highest BCUT2D eigenvalue weighted by atomic mass is 79.9. The summed E-state index contributed by atoms with van der Waals surface area (Å²) in [5.74, 6) is 0. The van der Waals surface area contributed by atoms with Crippen LogP contribution in [0.15, 0.2) is 27.1 Å². The maximum absolute atomic E-state index is 3.57. The van der Waals surface area contributed by atoms with E-state index in [2.05, 4.69) is 57.0 Å². The third-order valence-corrected chi connectivity index (χ3v) is 4.60. The summed E-state index contributed by atoms with van der Waals surface area (Å²) >= 11 is 8.84. The fraction of sp³-hybridized carbons (Fsp3) is 0.111. The van der Waals surface area contributed by atoms with Crippen molar-refractivity contribution < 1.29 is 0 Å². The average Bonchev–Trinajstić information content (AvgIpc) is 2.28. The van der Waals surface area contributed by atoms with Gasteiger partial charge in [-0.1, -0.05) is 22.0 Å². The second-order valence-electron chi connectivity index (χ2n) is 2.61. The summed E-state index contributed by atoms with van der Waals surface area (Å²) < 4.78 is 3.70. The van der Waals surface area contributed by atoms with Crippen molar-refractivity contribution in [3.8, 4) is 0 Å². The molecular weight excluding hydrogens is 300 g/mol. The van der Waals surface area contributed by atoms with Gasteiger partial charge in [-0.15, -0.1) is 11.3 Å². The molecule has 0 saturated heterocycles. The molecule has 0 radical (unpaired) electrons. The van der Waals surface area contributed by atoms with E-state index in [0.29, 0.717) is 0 Å². The summed E-state index contributed by atoms with van der Waals surface area (Å²) in [5.41, 5.74) is 0. The maximum atomic E-state index is 3.57. The standard InChI is InChI=1S/C9H6Br2S/c1-5-9(11)7-3-2-6(10)4-8(7)12-5/h2-4H,1H3. The predicted octanol–water partition coefficient (Wildman–Crippen LogP) is 4.73. The molecule has 0 amide bonds. The molecule has 0 aliphatic heterocycles. The van der Waals surface area contributed by atoms with Crippen LogP contribution in [0.25, 0.3) is 10.1 Å². The van der Waals surface area contributed by atoms with E-state index < -0.39 is 0 Å². The Morgan fingerprint density at radius 2 is 2.00 bits per heavy atom. The van der Waals surface area contributed by atoms with E-state index in [4.69, 9.17) is 0 Å². The fourth-order valence-corrected chi connectivity index (χ4v) is 3.39. The predicted molar refractivity (Wildman–Crippen MR) is 62.0 cm³/mol. The van der Waals surface area contributed by atoms with E-state index >= 15 is 0 Å². The van der Waals surface area contributed by atoms with Crippen molar-refractivity contribution in [2.75, 3.05) is 0 Å². The van der Waals surface area contributed by atoms with Crippen molar-refractivity contribution >= 4 is 53.3 Å². The van der Waals surface area contributed by atoms with E-state index in [1.807, 2.05) is 11.3 Å². The van der Waals surface area contributed by atoms with E-state index in [1.54, 1.807) is 0 Å². The molecule has 2 aromatic rings. The Kier molecular flexibility index (Phi) is 2.27. The quantitative estimate of drug-likeness (QED) is 0.660. The van der Waals surface area contributed by atoms with Crippen LogP contribution in [0.4, 0.5) is 0 Å². The third-order valence-electron chi connectivity index (χ3n) is 1.75. The Balaban J connectivity index is 2.87. The lowest BCUT2D eigenvalue weighted by atomic mass is 10.2. The lowest BCUT2D eigenvalue weighted by Gasteiger charge is -1.90. The number of hydrogen-bond donors (Lipinski definition) is 0. The minimum absolute atomic E-state index is 1.14. The van der Waals surface area contributed by atoms with Gasteiger partial charge in [0.05, 0.1) is 0 Å². The van der Waals surface area contributed by atoms with E-state index in [1.165, 1.54) is 19.4 Å². The molecular formula is C9H6Br2S. The Bertz CT molecular complexity index is 431. The summed E-state index contributed by atoms with van der Waals surface area (Å²) in [5, 5.41) is 1.31. The molecule has 12 heavy (non-hydrogen) atoms. The van der Waals surface area contributed by atoms with Crippen molar-refractivity contribution in [1.29, 1.82) is 0 Å². The van der Waals surface area contributed by atoms with Gasteiger partial charge in [-0.05, 0) is 35.0 Å². The molecule has 0 spiro atoms. The van der Waals surface area contributed by atoms with Gasteiger partial charge in [0, 0.05) is 23.9 Å². The van der Waals surface area contributed by atoms with Crippen LogP contribution in [-0.4, -0.2) is 0 Å². The molecule has 0 atom stereocenters. The van der Waals surface area contributed by atoms with E-state index in [9.17, 15) is 0 Å². The van der Waals surface area contributed by atoms with Gasteiger partial charge < -0.3 is 0 Å². The van der Waals surface area contributed by atoms with Crippen molar-refractivity contribution in [1.82, 2.24) is 0 Å². The van der Waals surface area contributed by atoms with Crippen LogP contribution in [0.3, 0.4) is 0 Å². The first-order valence-electron chi connectivity index (χ1n) is 3.52. The van der Waals surface area contributed by atoms with Crippen molar-refractivity contribution in [3.05, 3.63) is 32.0 Å². The number of thiophene rings is 1. The van der Waals surface area contributed by atoms with Gasteiger partial charge in [0.2, 0.25) is 0 Å². The second-order valence-corrected chi connectivity index (χ2v) is 5.58. The molecule has 3 heteroatoms. The molecule has 62 valence electrons. The zero-order valence-corrected chi connectivity index (χ0v) is 10.4. The van der Waals surface area contributed by atoms with E-state index in [-0.39, 0.29) is 0 Å². The van der Waals surface area contributed by atoms with Crippen LogP contribution in [0.5, 0.6) is 0 Å². The number of aryl methyl sites for hydroxylation is 1. The molecule has 0 saturated carbocycles. The van der Waals surface area contributed by atoms with Gasteiger partial charge >= 0.3 is 0 Å². The van der Waals surface area contributed by atoms with Gasteiger partial charge in [-0.3, -0.25) is 0 Å². The Hall–Kier alpha value is 0.140. The largest absolute Gasteiger partial charge is 0.139 e. The van der Waals surface area contributed by atoms with Gasteiger partial charge in [-0.25, -0.2) is 0 Å². The monoisotopic (exact) mass is 304 g/mol. The number of benzene rings is 1. The second kappa shape index (κ2) is 3.13. The van der Waals surface area contributed by atoms with Gasteiger partial charge in [0.25, 0.3) is 0 Å². The molecule has 0 N–H and O–H groups in total. The summed E-state index contributed by atoms with van der Waals surface area (Å²) in [6.45, 7) is 2.13. The SMILES string of the molecule is Cc1sc2cc(Br)ccc2c1Br. The van der Waals surface area contributed by atoms with Gasteiger partial charge in [0.15, 0.2) is 0 Å². The summed E-state index contributed by atoms with van der Waals surface area (Å²) in [7, 11) is 0. The molecule has 1 aromatic heterocycles. The van der Waals surface area contributed by atoms with E-state index in [0.717, 1.165) is 4.47 Å². The average molecular weight is 306 g/mol. The van der Waals surface area contributed by atoms with Crippen LogP contribution in [0.1, 0.15) is 4.88 Å². The zero-order valence-electron chi connectivity index (χ0n) is 6.40. The molecule has 0 bridgehead atoms. The summed E-state index contributed by atoms with van der Waals surface area (Å²) in [6.07, 6.45) is 0. The molecule has 0 nitrogen and oxygen atoms in total. The normalized spacial score (nSPS) is 10.9. The lowest BCUT2D eigenvalue weighted by Crippen LogP contribution is -1.65. The molecule has 0 aliphatic rings. The van der Waals surface area contributed by atoms with Gasteiger partial charge in [-0.2, -0.15) is 0 Å². The molecule has 1 heterocycles. The smallest absolute Gasteiger partial charge is 0.0390 e. The number of fused-ring (bicyclic) bond motifs is 1. The highest BCUT2D eigenvalue weighted by Gasteiger charge is 2.05. The first kappa shape index (κ1) is 8.73. The molecule has 0 fully saturated rings. The van der Waals surface area contributed by atoms with Crippen LogP contribution in [0.2, 0.25) is 0 Å². The molecule has 2 rings (SSSR count). The Morgan fingerprint density at radius 3 is 2.75 bits per heavy atom. The topological polar surface area (TPSA) is 0 Å². The van der Waals surface area contributed by atoms with Crippen molar-refractivity contribution in [2.24, 2.45) is 0 Å². The Morgan fingerprint density at radius 1 is 1.25 bits per heavy atom. The Labute approximate surface area is 91.9 Å². The molecule has 0 unspecified atom stereocenters. The van der Waals surface area contributed by atoms with Crippen LogP contribution >= 0.6 is 43.2 Å². The molecule has 1 aromatic carbocycles. The van der Waals surface area contributed by atoms with Crippen molar-refractivity contribution in [3.63, 3.8) is 0 Å². The maximum Gasteiger partial charge on any atom is 0.0390 e. The zero-order chi connectivity index (χ0) is 8.72. The minimum atomic E-state index is 1.14. The highest BCUT2D eigenvalue weighted by molar-refractivity contribution is 9.11. The number of hydrogen-bond acceptors (Lipinski definition) is 1. The highest BCUT2D eigenvalue weighted by Crippen LogP contribution is 2.36. The van der Waals surface area contributed by atoms with Crippen LogP contribution in [-0.2, 0) is 0 Å². The first-order chi connectivity index (χ1) is 5.68. The van der Waals surface area contributed by atoms with Gasteiger partial charge in [0.1, 0.15) is 0 Å². The van der Waals surface area contributed by atoms with Crippen LogP contribution in [0, 0.1) is 6.92 Å². The fourth-order valence-electron chi connectivity index (χ4n) is 1.16. The van der Waals surface area contributed by atoms with Crippen LogP contribution < -0.4 is 0 Å². The minimum Gasteiger partial charge on any atom is -0.139 e. The summed E-state index contributed by atoms with van der Waals surface area (Å²) in [6, 6.07) is 6.35. The number of halogens is 2.